The molecule has 2 N–H and O–H groups in total. The number of aliphatic hydroxyl groups is 1. The van der Waals surface area contributed by atoms with E-state index in [9.17, 15) is 0 Å². The van der Waals surface area contributed by atoms with Gasteiger partial charge in [-0.15, -0.1) is 0 Å². The minimum absolute atomic E-state index is 0.245. The summed E-state index contributed by atoms with van der Waals surface area (Å²) in [5.41, 5.74) is 0.245. The van der Waals surface area contributed by atoms with Crippen LogP contribution in [0.15, 0.2) is 0 Å². The van der Waals surface area contributed by atoms with E-state index in [2.05, 4.69) is 26.1 Å². The molecule has 0 amide bonds. The van der Waals surface area contributed by atoms with Crippen LogP contribution in [0.2, 0.25) is 0 Å². The number of hydrogen-bond donors (Lipinski definition) is 2. The molecule has 16 heavy (non-hydrogen) atoms. The first-order chi connectivity index (χ1) is 7.54. The normalized spacial score (nSPS) is 21.8. The number of nitrogens with one attached hydrogen (secondary N) is 1. The van der Waals surface area contributed by atoms with Crippen molar-refractivity contribution < 1.29 is 5.11 Å². The van der Waals surface area contributed by atoms with Gasteiger partial charge in [0.1, 0.15) is 0 Å². The van der Waals surface area contributed by atoms with Gasteiger partial charge in [0.25, 0.3) is 0 Å². The Balaban J connectivity index is 2.46. The Morgan fingerprint density at radius 2 is 1.69 bits per heavy atom. The summed E-state index contributed by atoms with van der Waals surface area (Å²) >= 11 is 0. The fourth-order valence-corrected chi connectivity index (χ4v) is 2.63. The molecule has 1 saturated carbocycles. The Morgan fingerprint density at radius 3 is 2.12 bits per heavy atom. The van der Waals surface area contributed by atoms with E-state index in [4.69, 9.17) is 5.11 Å². The maximum Gasteiger partial charge on any atom is 0.0446 e. The smallest absolute Gasteiger partial charge is 0.0446 e. The topological polar surface area (TPSA) is 32.3 Å². The van der Waals surface area contributed by atoms with Gasteiger partial charge in [-0.1, -0.05) is 46.5 Å². The average molecular weight is 227 g/mol. The second kappa shape index (κ2) is 6.61. The van der Waals surface area contributed by atoms with Crippen molar-refractivity contribution in [3.63, 3.8) is 0 Å². The summed E-state index contributed by atoms with van der Waals surface area (Å²) in [6.45, 7) is 7.08. The second-order valence-corrected chi connectivity index (χ2v) is 6.29. The maximum atomic E-state index is 9.15. The lowest BCUT2D eigenvalue weighted by Gasteiger charge is -2.34. The molecule has 0 aliphatic heterocycles. The zero-order valence-electron chi connectivity index (χ0n) is 11.3. The summed E-state index contributed by atoms with van der Waals surface area (Å²) in [6.07, 6.45) is 9.05. The third kappa shape index (κ3) is 4.84. The molecular weight excluding hydrogens is 198 g/mol. The van der Waals surface area contributed by atoms with Crippen LogP contribution in [-0.2, 0) is 0 Å². The largest absolute Gasteiger partial charge is 0.396 e. The summed E-state index contributed by atoms with van der Waals surface area (Å²) in [5, 5.41) is 12.9. The molecule has 0 saturated heterocycles. The lowest BCUT2D eigenvalue weighted by Crippen LogP contribution is -2.46. The molecule has 0 aromatic rings. The zero-order chi connectivity index (χ0) is 12.0. The molecule has 1 fully saturated rings. The highest BCUT2D eigenvalue weighted by atomic mass is 16.3. The molecule has 1 atom stereocenters. The van der Waals surface area contributed by atoms with Crippen molar-refractivity contribution >= 4 is 0 Å². The molecular formula is C14H29NO. The molecule has 0 radical (unpaired) electrons. The first kappa shape index (κ1) is 14.0. The minimum atomic E-state index is 0.245. The monoisotopic (exact) mass is 227 g/mol. The molecule has 1 rings (SSSR count). The van der Waals surface area contributed by atoms with Gasteiger partial charge in [0.15, 0.2) is 0 Å². The predicted molar refractivity (Wildman–Crippen MR) is 69.6 cm³/mol. The molecule has 0 bridgehead atoms. The summed E-state index contributed by atoms with van der Waals surface area (Å²) < 4.78 is 0. The van der Waals surface area contributed by atoms with Crippen LogP contribution in [0.25, 0.3) is 0 Å². The van der Waals surface area contributed by atoms with Crippen molar-refractivity contribution in [2.45, 2.75) is 77.8 Å². The molecule has 0 aromatic heterocycles. The van der Waals surface area contributed by atoms with Gasteiger partial charge in [-0.05, 0) is 24.7 Å². The Hall–Kier alpha value is -0.0800. The van der Waals surface area contributed by atoms with Gasteiger partial charge in [0.2, 0.25) is 0 Å². The van der Waals surface area contributed by atoms with Crippen LogP contribution in [-0.4, -0.2) is 23.8 Å². The number of rotatable bonds is 4. The lowest BCUT2D eigenvalue weighted by molar-refractivity contribution is 0.181. The van der Waals surface area contributed by atoms with E-state index in [-0.39, 0.29) is 5.41 Å². The van der Waals surface area contributed by atoms with Crippen molar-refractivity contribution in [3.05, 3.63) is 0 Å². The third-order valence-electron chi connectivity index (χ3n) is 3.76. The van der Waals surface area contributed by atoms with Crippen LogP contribution in [0.4, 0.5) is 0 Å². The maximum absolute atomic E-state index is 9.15. The average Bonchev–Trinajstić information content (AvgIpc) is 2.44. The van der Waals surface area contributed by atoms with Gasteiger partial charge in [0, 0.05) is 18.7 Å². The summed E-state index contributed by atoms with van der Waals surface area (Å²) in [6, 6.07) is 1.12. The minimum Gasteiger partial charge on any atom is -0.396 e. The predicted octanol–water partition coefficient (Wildman–Crippen LogP) is 3.10. The van der Waals surface area contributed by atoms with Gasteiger partial charge in [0.05, 0.1) is 0 Å². The van der Waals surface area contributed by atoms with Crippen LogP contribution in [0.1, 0.15) is 65.7 Å². The first-order valence-corrected chi connectivity index (χ1v) is 6.91. The van der Waals surface area contributed by atoms with Crippen LogP contribution in [0, 0.1) is 5.41 Å². The standard InChI is InChI=1S/C14H29NO/c1-14(2,3)13(10-11-16)15-12-8-6-4-5-7-9-12/h12-13,15-16H,4-11H2,1-3H3. The summed E-state index contributed by atoms with van der Waals surface area (Å²) in [4.78, 5) is 0. The van der Waals surface area contributed by atoms with E-state index in [1.54, 1.807) is 0 Å². The Kier molecular flexibility index (Phi) is 5.77. The molecule has 96 valence electrons. The van der Waals surface area contributed by atoms with Crippen LogP contribution < -0.4 is 5.32 Å². The SMILES string of the molecule is CC(C)(C)C(CCO)NC1CCCCCC1. The molecule has 0 heterocycles. The molecule has 1 unspecified atom stereocenters. The fraction of sp³-hybridized carbons (Fsp3) is 1.00. The summed E-state index contributed by atoms with van der Waals surface area (Å²) in [7, 11) is 0. The second-order valence-electron chi connectivity index (χ2n) is 6.29. The van der Waals surface area contributed by atoms with Gasteiger partial charge in [-0.25, -0.2) is 0 Å². The molecule has 2 heteroatoms. The number of aliphatic hydroxyl groups excluding tert-OH is 1. The fourth-order valence-electron chi connectivity index (χ4n) is 2.63. The molecule has 1 aliphatic carbocycles. The van der Waals surface area contributed by atoms with Gasteiger partial charge in [-0.2, -0.15) is 0 Å². The summed E-state index contributed by atoms with van der Waals surface area (Å²) in [5.74, 6) is 0. The van der Waals surface area contributed by atoms with E-state index < -0.39 is 0 Å². The van der Waals surface area contributed by atoms with Crippen molar-refractivity contribution in [2.75, 3.05) is 6.61 Å². The van der Waals surface area contributed by atoms with Crippen LogP contribution >= 0.6 is 0 Å². The van der Waals surface area contributed by atoms with Crippen molar-refractivity contribution in [2.24, 2.45) is 5.41 Å². The zero-order valence-corrected chi connectivity index (χ0v) is 11.3. The van der Waals surface area contributed by atoms with Crippen molar-refractivity contribution in [1.29, 1.82) is 0 Å². The van der Waals surface area contributed by atoms with E-state index in [1.807, 2.05) is 0 Å². The molecule has 0 aromatic carbocycles. The van der Waals surface area contributed by atoms with Gasteiger partial charge < -0.3 is 10.4 Å². The Labute approximate surface area is 101 Å². The van der Waals surface area contributed by atoms with Gasteiger partial charge >= 0.3 is 0 Å². The highest BCUT2D eigenvalue weighted by Gasteiger charge is 2.26. The highest BCUT2D eigenvalue weighted by Crippen LogP contribution is 2.25. The lowest BCUT2D eigenvalue weighted by atomic mass is 9.84. The van der Waals surface area contributed by atoms with Crippen LogP contribution in [0.3, 0.4) is 0 Å². The van der Waals surface area contributed by atoms with E-state index >= 15 is 0 Å². The van der Waals surface area contributed by atoms with Crippen molar-refractivity contribution in [1.82, 2.24) is 5.32 Å². The molecule has 1 aliphatic rings. The van der Waals surface area contributed by atoms with E-state index in [0.29, 0.717) is 18.7 Å². The first-order valence-electron chi connectivity index (χ1n) is 6.91. The van der Waals surface area contributed by atoms with Crippen molar-refractivity contribution in [3.8, 4) is 0 Å². The quantitative estimate of drug-likeness (QED) is 0.723. The van der Waals surface area contributed by atoms with Gasteiger partial charge in [-0.3, -0.25) is 0 Å². The van der Waals surface area contributed by atoms with Crippen LogP contribution in [0.5, 0.6) is 0 Å². The third-order valence-corrected chi connectivity index (χ3v) is 3.76. The van der Waals surface area contributed by atoms with E-state index in [0.717, 1.165) is 6.42 Å². The Bertz CT molecular complexity index is 178. The van der Waals surface area contributed by atoms with E-state index in [1.165, 1.54) is 38.5 Å². The highest BCUT2D eigenvalue weighted by molar-refractivity contribution is 4.84. The molecule has 0 spiro atoms. The number of hydrogen-bond acceptors (Lipinski definition) is 2. The molecule has 2 nitrogen and oxygen atoms in total. The Morgan fingerprint density at radius 1 is 1.12 bits per heavy atom.